The van der Waals surface area contributed by atoms with Crippen molar-refractivity contribution < 1.29 is 4.74 Å². The van der Waals surface area contributed by atoms with Gasteiger partial charge in [0.1, 0.15) is 0 Å². The van der Waals surface area contributed by atoms with Crippen LogP contribution >= 0.6 is 15.9 Å². The Kier molecular flexibility index (Phi) is 3.78. The summed E-state index contributed by atoms with van der Waals surface area (Å²) in [4.78, 5) is 0. The van der Waals surface area contributed by atoms with Crippen molar-refractivity contribution in [3.8, 4) is 0 Å². The number of alkyl halides is 1. The monoisotopic (exact) mass is 232 g/mol. The predicted octanol–water partition coefficient (Wildman–Crippen LogP) is 3.14. The Hall–Kier alpha value is 0.180. The lowest BCUT2D eigenvalue weighted by Gasteiger charge is -2.35. The summed E-state index contributed by atoms with van der Waals surface area (Å²) in [5, 5.41) is 1.03. The highest BCUT2D eigenvalue weighted by Crippen LogP contribution is 2.36. The highest BCUT2D eigenvalue weighted by Gasteiger charge is 2.31. The lowest BCUT2D eigenvalue weighted by Crippen LogP contribution is -2.33. The summed E-state index contributed by atoms with van der Waals surface area (Å²) in [5.41, 5.74) is 1.60. The summed E-state index contributed by atoms with van der Waals surface area (Å²) >= 11 is 3.58. The molecule has 0 aliphatic carbocycles. The summed E-state index contributed by atoms with van der Waals surface area (Å²) in [6, 6.07) is 0. The summed E-state index contributed by atoms with van der Waals surface area (Å²) in [7, 11) is 0. The Balaban J connectivity index is 2.53. The molecule has 2 heteroatoms. The smallest absolute Gasteiger partial charge is 0.0533 e. The fourth-order valence-electron chi connectivity index (χ4n) is 1.84. The van der Waals surface area contributed by atoms with Crippen LogP contribution in [0.15, 0.2) is 12.2 Å². The molecule has 1 fully saturated rings. The molecule has 70 valence electrons. The minimum absolute atomic E-state index is 0.337. The van der Waals surface area contributed by atoms with Gasteiger partial charge in [0.05, 0.1) is 6.61 Å². The zero-order valence-corrected chi connectivity index (χ0v) is 9.32. The normalized spacial score (nSPS) is 30.2. The second-order valence-corrected chi connectivity index (χ2v) is 4.48. The molecule has 0 aromatic rings. The number of hydrogen-bond acceptors (Lipinski definition) is 1. The van der Waals surface area contributed by atoms with Crippen LogP contribution in [0.3, 0.4) is 0 Å². The van der Waals surface area contributed by atoms with E-state index in [-0.39, 0.29) is 0 Å². The molecule has 1 heterocycles. The van der Waals surface area contributed by atoms with E-state index >= 15 is 0 Å². The van der Waals surface area contributed by atoms with Gasteiger partial charge in [-0.1, -0.05) is 21.5 Å². The van der Waals surface area contributed by atoms with Gasteiger partial charge in [-0.25, -0.2) is 0 Å². The Bertz CT molecular complexity index is 159. The van der Waals surface area contributed by atoms with Crippen molar-refractivity contribution in [2.24, 2.45) is 5.41 Å². The van der Waals surface area contributed by atoms with Crippen LogP contribution in [0, 0.1) is 5.41 Å². The first-order valence-corrected chi connectivity index (χ1v) is 5.59. The Morgan fingerprint density at radius 1 is 1.67 bits per heavy atom. The molecule has 0 aromatic carbocycles. The maximum Gasteiger partial charge on any atom is 0.0533 e. The molecular weight excluding hydrogens is 216 g/mol. The molecule has 1 unspecified atom stereocenters. The average molecular weight is 233 g/mol. The second-order valence-electron chi connectivity index (χ2n) is 3.92. The van der Waals surface area contributed by atoms with E-state index in [1.165, 1.54) is 18.4 Å². The van der Waals surface area contributed by atoms with Crippen molar-refractivity contribution in [3.05, 3.63) is 12.2 Å². The van der Waals surface area contributed by atoms with Crippen LogP contribution in [0.5, 0.6) is 0 Å². The van der Waals surface area contributed by atoms with Crippen LogP contribution in [0.25, 0.3) is 0 Å². The SMILES string of the molecule is C=C(C)CC1(CBr)CCCOC1. The molecule has 0 bridgehead atoms. The van der Waals surface area contributed by atoms with Gasteiger partial charge in [0.25, 0.3) is 0 Å². The lowest BCUT2D eigenvalue weighted by atomic mass is 9.79. The minimum atomic E-state index is 0.337. The molecule has 1 aliphatic rings. The van der Waals surface area contributed by atoms with Crippen molar-refractivity contribution in [2.45, 2.75) is 26.2 Å². The van der Waals surface area contributed by atoms with Gasteiger partial charge < -0.3 is 4.74 Å². The van der Waals surface area contributed by atoms with Gasteiger partial charge in [-0.05, 0) is 26.2 Å². The van der Waals surface area contributed by atoms with E-state index in [1.807, 2.05) is 0 Å². The fraction of sp³-hybridized carbons (Fsp3) is 0.800. The van der Waals surface area contributed by atoms with Gasteiger partial charge in [-0.2, -0.15) is 0 Å². The molecule has 1 aliphatic heterocycles. The predicted molar refractivity (Wildman–Crippen MR) is 55.7 cm³/mol. The standard InChI is InChI=1S/C10H17BrO/c1-9(2)6-10(7-11)4-3-5-12-8-10/h1,3-8H2,2H3. The molecule has 1 rings (SSSR count). The molecular formula is C10H17BrO. The van der Waals surface area contributed by atoms with E-state index in [2.05, 4.69) is 29.4 Å². The third-order valence-electron chi connectivity index (χ3n) is 2.36. The second kappa shape index (κ2) is 4.43. The van der Waals surface area contributed by atoms with Crippen LogP contribution in [0.2, 0.25) is 0 Å². The Morgan fingerprint density at radius 3 is 2.83 bits per heavy atom. The number of rotatable bonds is 3. The van der Waals surface area contributed by atoms with Crippen LogP contribution in [-0.4, -0.2) is 18.5 Å². The molecule has 0 N–H and O–H groups in total. The maximum atomic E-state index is 5.51. The van der Waals surface area contributed by atoms with Crippen molar-refractivity contribution in [1.29, 1.82) is 0 Å². The number of allylic oxidation sites excluding steroid dienone is 1. The lowest BCUT2D eigenvalue weighted by molar-refractivity contribution is 0.00624. The van der Waals surface area contributed by atoms with Crippen LogP contribution in [0.1, 0.15) is 26.2 Å². The van der Waals surface area contributed by atoms with E-state index in [1.54, 1.807) is 0 Å². The van der Waals surface area contributed by atoms with Crippen LogP contribution < -0.4 is 0 Å². The van der Waals surface area contributed by atoms with Gasteiger partial charge in [-0.15, -0.1) is 6.58 Å². The summed E-state index contributed by atoms with van der Waals surface area (Å²) in [6.07, 6.45) is 3.56. The van der Waals surface area contributed by atoms with Crippen LogP contribution in [-0.2, 0) is 4.74 Å². The Labute approximate surface area is 83.3 Å². The molecule has 0 radical (unpaired) electrons. The van der Waals surface area contributed by atoms with E-state index in [0.29, 0.717) is 5.41 Å². The van der Waals surface area contributed by atoms with E-state index in [0.717, 1.165) is 25.0 Å². The minimum Gasteiger partial charge on any atom is -0.381 e. The third-order valence-corrected chi connectivity index (χ3v) is 3.55. The fourth-order valence-corrected chi connectivity index (χ4v) is 2.48. The molecule has 1 atom stereocenters. The third kappa shape index (κ3) is 2.60. The molecule has 0 spiro atoms. The summed E-state index contributed by atoms with van der Waals surface area (Å²) in [5.74, 6) is 0. The highest BCUT2D eigenvalue weighted by molar-refractivity contribution is 9.09. The van der Waals surface area contributed by atoms with Gasteiger partial charge >= 0.3 is 0 Å². The van der Waals surface area contributed by atoms with Gasteiger partial charge in [0, 0.05) is 17.4 Å². The number of ether oxygens (including phenoxy) is 1. The van der Waals surface area contributed by atoms with Crippen molar-refractivity contribution in [2.75, 3.05) is 18.5 Å². The maximum absolute atomic E-state index is 5.51. The van der Waals surface area contributed by atoms with Crippen molar-refractivity contribution in [1.82, 2.24) is 0 Å². The first kappa shape index (κ1) is 10.3. The molecule has 1 saturated heterocycles. The summed E-state index contributed by atoms with van der Waals surface area (Å²) < 4.78 is 5.51. The molecule has 0 aromatic heterocycles. The molecule has 0 amide bonds. The van der Waals surface area contributed by atoms with Gasteiger partial charge in [0.15, 0.2) is 0 Å². The van der Waals surface area contributed by atoms with Crippen LogP contribution in [0.4, 0.5) is 0 Å². The van der Waals surface area contributed by atoms with Crippen molar-refractivity contribution in [3.63, 3.8) is 0 Å². The first-order chi connectivity index (χ1) is 5.68. The van der Waals surface area contributed by atoms with Gasteiger partial charge in [-0.3, -0.25) is 0 Å². The zero-order valence-electron chi connectivity index (χ0n) is 7.74. The number of hydrogen-bond donors (Lipinski definition) is 0. The van der Waals surface area contributed by atoms with E-state index in [4.69, 9.17) is 4.74 Å². The molecule has 0 saturated carbocycles. The summed E-state index contributed by atoms with van der Waals surface area (Å²) in [6.45, 7) is 7.89. The number of halogens is 1. The van der Waals surface area contributed by atoms with E-state index in [9.17, 15) is 0 Å². The topological polar surface area (TPSA) is 9.23 Å². The molecule has 12 heavy (non-hydrogen) atoms. The van der Waals surface area contributed by atoms with Gasteiger partial charge in [0.2, 0.25) is 0 Å². The zero-order chi connectivity index (χ0) is 9.03. The van der Waals surface area contributed by atoms with E-state index < -0.39 is 0 Å². The molecule has 1 nitrogen and oxygen atoms in total. The van der Waals surface area contributed by atoms with Crippen molar-refractivity contribution >= 4 is 15.9 Å². The first-order valence-electron chi connectivity index (χ1n) is 4.47. The largest absolute Gasteiger partial charge is 0.381 e. The quantitative estimate of drug-likeness (QED) is 0.537. The average Bonchev–Trinajstić information content (AvgIpc) is 2.05. The highest BCUT2D eigenvalue weighted by atomic mass is 79.9. The Morgan fingerprint density at radius 2 is 2.42 bits per heavy atom.